The number of hydrogen-bond acceptors (Lipinski definition) is 1. The van der Waals surface area contributed by atoms with E-state index in [2.05, 4.69) is 4.90 Å². The topological polar surface area (TPSA) is 20.3 Å². The Morgan fingerprint density at radius 2 is 1.67 bits per heavy atom. The van der Waals surface area contributed by atoms with Crippen molar-refractivity contribution in [3.63, 3.8) is 0 Å². The predicted molar refractivity (Wildman–Crippen MR) is 59.4 cm³/mol. The van der Waals surface area contributed by atoms with Crippen molar-refractivity contribution in [3.05, 3.63) is 0 Å². The monoisotopic (exact) mass is 207 g/mol. The summed E-state index contributed by atoms with van der Waals surface area (Å²) in [4.78, 5) is 14.1. The van der Waals surface area contributed by atoms with E-state index in [4.69, 9.17) is 0 Å². The van der Waals surface area contributed by atoms with Crippen molar-refractivity contribution < 1.29 is 4.79 Å². The minimum absolute atomic E-state index is 0.421. The van der Waals surface area contributed by atoms with Gasteiger partial charge in [-0.2, -0.15) is 0 Å². The van der Waals surface area contributed by atoms with Crippen LogP contribution in [-0.4, -0.2) is 23.9 Å². The number of carbonyl (C=O) groups excluding carboxylic acids is 1. The molecule has 2 aliphatic carbocycles. The fourth-order valence-corrected chi connectivity index (χ4v) is 3.39. The van der Waals surface area contributed by atoms with E-state index >= 15 is 0 Å². The molecule has 0 spiro atoms. The molecule has 3 aliphatic rings. The Kier molecular flexibility index (Phi) is 2.45. The van der Waals surface area contributed by atoms with Gasteiger partial charge in [-0.3, -0.25) is 4.79 Å². The number of fused-ring (bicyclic) bond motifs is 1. The van der Waals surface area contributed by atoms with E-state index in [-0.39, 0.29) is 0 Å². The van der Waals surface area contributed by atoms with E-state index in [0.29, 0.717) is 11.8 Å². The number of amides is 1. The van der Waals surface area contributed by atoms with Crippen LogP contribution in [0.3, 0.4) is 0 Å². The Hall–Kier alpha value is -0.530. The van der Waals surface area contributed by atoms with Crippen LogP contribution < -0.4 is 0 Å². The van der Waals surface area contributed by atoms with Gasteiger partial charge >= 0.3 is 0 Å². The Labute approximate surface area is 92.0 Å². The van der Waals surface area contributed by atoms with Gasteiger partial charge in [0.05, 0.1) is 0 Å². The quantitative estimate of drug-likeness (QED) is 0.646. The van der Waals surface area contributed by atoms with Crippen molar-refractivity contribution in [1.82, 2.24) is 4.90 Å². The average Bonchev–Trinajstić information content (AvgIpc) is 3.11. The second-order valence-electron chi connectivity index (χ2n) is 5.65. The lowest BCUT2D eigenvalue weighted by atomic mass is 9.75. The van der Waals surface area contributed by atoms with Gasteiger partial charge in [0.15, 0.2) is 0 Å². The van der Waals surface area contributed by atoms with Crippen LogP contribution in [0.25, 0.3) is 0 Å². The van der Waals surface area contributed by atoms with Gasteiger partial charge in [-0.1, -0.05) is 19.3 Å². The lowest BCUT2D eigenvalue weighted by molar-refractivity contribution is -0.135. The molecule has 0 aromatic heterocycles. The molecule has 1 aliphatic heterocycles. The average molecular weight is 207 g/mol. The highest BCUT2D eigenvalue weighted by atomic mass is 16.2. The molecular weight excluding hydrogens is 186 g/mol. The zero-order chi connectivity index (χ0) is 10.3. The minimum Gasteiger partial charge on any atom is -0.342 e. The molecule has 1 amide bonds. The largest absolute Gasteiger partial charge is 0.342 e. The third-order valence-corrected chi connectivity index (χ3v) is 4.53. The second kappa shape index (κ2) is 3.80. The summed E-state index contributed by atoms with van der Waals surface area (Å²) in [6.07, 6.45) is 9.22. The third kappa shape index (κ3) is 1.91. The molecule has 1 saturated heterocycles. The van der Waals surface area contributed by atoms with Gasteiger partial charge < -0.3 is 4.90 Å². The maximum absolute atomic E-state index is 12.0. The van der Waals surface area contributed by atoms with E-state index in [1.165, 1.54) is 32.1 Å². The summed E-state index contributed by atoms with van der Waals surface area (Å²) in [5.41, 5.74) is 0. The molecule has 84 valence electrons. The maximum Gasteiger partial charge on any atom is 0.225 e. The molecule has 1 heterocycles. The fourth-order valence-electron chi connectivity index (χ4n) is 3.39. The highest BCUT2D eigenvalue weighted by Crippen LogP contribution is 2.38. The van der Waals surface area contributed by atoms with Crippen LogP contribution in [0.15, 0.2) is 0 Å². The van der Waals surface area contributed by atoms with Gasteiger partial charge in [0, 0.05) is 19.0 Å². The number of hydrogen-bond donors (Lipinski definition) is 0. The number of rotatable bonds is 1. The molecule has 2 saturated carbocycles. The van der Waals surface area contributed by atoms with Crippen LogP contribution in [0.2, 0.25) is 0 Å². The maximum atomic E-state index is 12.0. The van der Waals surface area contributed by atoms with Crippen molar-refractivity contribution in [2.45, 2.75) is 44.9 Å². The number of carbonyl (C=O) groups is 1. The molecule has 0 aromatic carbocycles. The van der Waals surface area contributed by atoms with Crippen molar-refractivity contribution in [3.8, 4) is 0 Å². The first-order chi connectivity index (χ1) is 7.34. The van der Waals surface area contributed by atoms with Gasteiger partial charge in [-0.15, -0.1) is 0 Å². The third-order valence-electron chi connectivity index (χ3n) is 4.53. The highest BCUT2D eigenvalue weighted by Gasteiger charge is 2.38. The number of piperidine rings is 1. The molecule has 0 bridgehead atoms. The van der Waals surface area contributed by atoms with Gasteiger partial charge in [0.1, 0.15) is 0 Å². The molecule has 15 heavy (non-hydrogen) atoms. The summed E-state index contributed by atoms with van der Waals surface area (Å²) >= 11 is 0. The van der Waals surface area contributed by atoms with Crippen LogP contribution >= 0.6 is 0 Å². The summed E-state index contributed by atoms with van der Waals surface area (Å²) in [7, 11) is 0. The second-order valence-corrected chi connectivity index (χ2v) is 5.65. The Bertz CT molecular complexity index is 259. The predicted octanol–water partition coefficient (Wildman–Crippen LogP) is 2.44. The lowest BCUT2D eigenvalue weighted by Gasteiger charge is -2.41. The Morgan fingerprint density at radius 1 is 0.933 bits per heavy atom. The van der Waals surface area contributed by atoms with Crippen LogP contribution in [0.4, 0.5) is 0 Å². The molecule has 0 radical (unpaired) electrons. The molecule has 2 nitrogen and oxygen atoms in total. The summed E-state index contributed by atoms with van der Waals surface area (Å²) in [6, 6.07) is 0. The smallest absolute Gasteiger partial charge is 0.225 e. The van der Waals surface area contributed by atoms with Crippen molar-refractivity contribution in [2.24, 2.45) is 17.8 Å². The number of nitrogens with zero attached hydrogens (tertiary/aromatic N) is 1. The molecule has 0 aromatic rings. The minimum atomic E-state index is 0.421. The lowest BCUT2D eigenvalue weighted by Crippen LogP contribution is -2.45. The highest BCUT2D eigenvalue weighted by molar-refractivity contribution is 5.81. The zero-order valence-corrected chi connectivity index (χ0v) is 9.45. The zero-order valence-electron chi connectivity index (χ0n) is 9.45. The van der Waals surface area contributed by atoms with Crippen LogP contribution in [-0.2, 0) is 4.79 Å². The molecule has 3 fully saturated rings. The van der Waals surface area contributed by atoms with E-state index in [0.717, 1.165) is 37.8 Å². The van der Waals surface area contributed by atoms with Gasteiger partial charge in [-0.25, -0.2) is 0 Å². The first kappa shape index (κ1) is 9.68. The summed E-state index contributed by atoms with van der Waals surface area (Å²) in [5, 5.41) is 0. The van der Waals surface area contributed by atoms with E-state index in [1.54, 1.807) is 0 Å². The van der Waals surface area contributed by atoms with Gasteiger partial charge in [0.2, 0.25) is 5.91 Å². The SMILES string of the molecule is O=C(C1CC1)N1CC[C@@H]2CCCC[C@@H]2C1. The summed E-state index contributed by atoms with van der Waals surface area (Å²) in [5.74, 6) is 2.68. The van der Waals surface area contributed by atoms with E-state index in [9.17, 15) is 4.79 Å². The molecule has 0 N–H and O–H groups in total. The van der Waals surface area contributed by atoms with Crippen LogP contribution in [0, 0.1) is 17.8 Å². The fraction of sp³-hybridized carbons (Fsp3) is 0.923. The summed E-state index contributed by atoms with van der Waals surface area (Å²) < 4.78 is 0. The standard InChI is InChI=1S/C13H21NO/c15-13(11-5-6-11)14-8-7-10-3-1-2-4-12(10)9-14/h10-12H,1-9H2/t10-,12+/m0/s1. The van der Waals surface area contributed by atoms with Crippen LogP contribution in [0.5, 0.6) is 0 Å². The number of likely N-dealkylation sites (tertiary alicyclic amines) is 1. The Balaban J connectivity index is 1.61. The van der Waals surface area contributed by atoms with E-state index in [1.807, 2.05) is 0 Å². The molecule has 3 rings (SSSR count). The normalized spacial score (nSPS) is 36.1. The molecule has 0 unspecified atom stereocenters. The van der Waals surface area contributed by atoms with E-state index < -0.39 is 0 Å². The molecule has 2 heteroatoms. The first-order valence-electron chi connectivity index (χ1n) is 6.63. The Morgan fingerprint density at radius 3 is 2.40 bits per heavy atom. The van der Waals surface area contributed by atoms with Crippen molar-refractivity contribution in [1.29, 1.82) is 0 Å². The van der Waals surface area contributed by atoms with Crippen molar-refractivity contribution in [2.75, 3.05) is 13.1 Å². The summed E-state index contributed by atoms with van der Waals surface area (Å²) in [6.45, 7) is 2.14. The van der Waals surface area contributed by atoms with Gasteiger partial charge in [0.25, 0.3) is 0 Å². The molecular formula is C13H21NO. The van der Waals surface area contributed by atoms with Crippen molar-refractivity contribution >= 4 is 5.91 Å². The van der Waals surface area contributed by atoms with Crippen LogP contribution in [0.1, 0.15) is 44.9 Å². The first-order valence-corrected chi connectivity index (χ1v) is 6.63. The molecule has 2 atom stereocenters. The van der Waals surface area contributed by atoms with Gasteiger partial charge in [-0.05, 0) is 37.5 Å².